The first kappa shape index (κ1) is 13.7. The molecule has 100 valence electrons. The lowest BCUT2D eigenvalue weighted by Crippen LogP contribution is -2.02. The fraction of sp³-hybridized carbons (Fsp3) is 0.200. The van der Waals surface area contributed by atoms with Crippen molar-refractivity contribution in [1.82, 2.24) is 15.0 Å². The van der Waals surface area contributed by atoms with Gasteiger partial charge in [-0.3, -0.25) is 10.1 Å². The number of aromatic nitrogens is 3. The summed E-state index contributed by atoms with van der Waals surface area (Å²) in [6.45, 7) is -0.0882. The zero-order valence-corrected chi connectivity index (χ0v) is 11.0. The zero-order valence-electron chi connectivity index (χ0n) is 9.45. The number of nitrogens with zero attached hydrogens (tertiary/aromatic N) is 4. The van der Waals surface area contributed by atoms with Crippen LogP contribution in [0.25, 0.3) is 5.69 Å². The maximum absolute atomic E-state index is 11.0. The molecular formula is C10H8Cl2N4O3. The summed E-state index contributed by atoms with van der Waals surface area (Å²) in [5, 5.41) is 27.6. The van der Waals surface area contributed by atoms with E-state index in [0.717, 1.165) is 0 Å². The Morgan fingerprint density at radius 3 is 2.79 bits per heavy atom. The molecule has 0 saturated carbocycles. The number of nitro groups is 1. The second kappa shape index (κ2) is 5.52. The van der Waals surface area contributed by atoms with Crippen LogP contribution in [0.3, 0.4) is 0 Å². The van der Waals surface area contributed by atoms with Crippen LogP contribution in [0.15, 0.2) is 18.3 Å². The molecule has 1 heterocycles. The maximum Gasteiger partial charge on any atom is 0.297 e. The molecular weight excluding hydrogens is 295 g/mol. The van der Waals surface area contributed by atoms with E-state index in [-0.39, 0.29) is 28.0 Å². The van der Waals surface area contributed by atoms with Crippen molar-refractivity contribution in [3.05, 3.63) is 44.2 Å². The minimum absolute atomic E-state index is 0.0882. The maximum atomic E-state index is 11.0. The van der Waals surface area contributed by atoms with Gasteiger partial charge >= 0.3 is 0 Å². The van der Waals surface area contributed by atoms with Crippen LogP contribution in [-0.4, -0.2) is 31.6 Å². The summed E-state index contributed by atoms with van der Waals surface area (Å²) in [6.07, 6.45) is 1.78. The first-order chi connectivity index (χ1) is 9.02. The number of rotatable bonds is 4. The quantitative estimate of drug-likeness (QED) is 0.688. The van der Waals surface area contributed by atoms with Crippen molar-refractivity contribution in [3.8, 4) is 5.69 Å². The minimum Gasteiger partial charge on any atom is -0.396 e. The van der Waals surface area contributed by atoms with Crippen LogP contribution in [0.1, 0.15) is 5.69 Å². The van der Waals surface area contributed by atoms with E-state index in [1.165, 1.54) is 23.0 Å². The lowest BCUT2D eigenvalue weighted by atomic mass is 10.2. The van der Waals surface area contributed by atoms with Gasteiger partial charge in [0.25, 0.3) is 5.69 Å². The molecule has 1 aromatic heterocycles. The summed E-state index contributed by atoms with van der Waals surface area (Å²) in [6, 6.07) is 2.58. The zero-order chi connectivity index (χ0) is 14.0. The number of aliphatic hydroxyl groups is 1. The van der Waals surface area contributed by atoms with Gasteiger partial charge in [-0.2, -0.15) is 0 Å². The standard InChI is InChI=1S/C10H8Cl2N4O3/c11-6-3-8(12)10(9(4-6)16(18)19)15-5-7(1-2-17)13-14-15/h3-5,17H,1-2H2. The molecule has 0 bridgehead atoms. The van der Waals surface area contributed by atoms with E-state index < -0.39 is 4.92 Å². The average molecular weight is 303 g/mol. The molecule has 0 saturated heterocycles. The second-order valence-electron chi connectivity index (χ2n) is 3.64. The van der Waals surface area contributed by atoms with Crippen LogP contribution in [0.5, 0.6) is 0 Å². The topological polar surface area (TPSA) is 94.1 Å². The molecule has 0 amide bonds. The summed E-state index contributed by atoms with van der Waals surface area (Å²) in [5.41, 5.74) is 0.327. The van der Waals surface area contributed by atoms with Crippen LogP contribution in [0.2, 0.25) is 10.0 Å². The van der Waals surface area contributed by atoms with Gasteiger partial charge in [-0.05, 0) is 6.07 Å². The Balaban J connectivity index is 2.56. The van der Waals surface area contributed by atoms with Gasteiger partial charge < -0.3 is 5.11 Å². The van der Waals surface area contributed by atoms with Gasteiger partial charge in [-0.25, -0.2) is 4.68 Å². The molecule has 0 radical (unpaired) electrons. The first-order valence-electron chi connectivity index (χ1n) is 5.19. The highest BCUT2D eigenvalue weighted by Crippen LogP contribution is 2.33. The van der Waals surface area contributed by atoms with Crippen LogP contribution < -0.4 is 0 Å². The Morgan fingerprint density at radius 2 is 2.16 bits per heavy atom. The molecule has 2 rings (SSSR count). The van der Waals surface area contributed by atoms with Crippen molar-refractivity contribution in [1.29, 1.82) is 0 Å². The van der Waals surface area contributed by atoms with E-state index in [1.54, 1.807) is 0 Å². The van der Waals surface area contributed by atoms with Crippen LogP contribution in [0, 0.1) is 10.1 Å². The van der Waals surface area contributed by atoms with Gasteiger partial charge in [0.05, 0.1) is 21.8 Å². The highest BCUT2D eigenvalue weighted by molar-refractivity contribution is 6.36. The predicted octanol–water partition coefficient (Wildman–Crippen LogP) is 2.02. The molecule has 9 heteroatoms. The van der Waals surface area contributed by atoms with Gasteiger partial charge in [0.1, 0.15) is 0 Å². The third kappa shape index (κ3) is 2.83. The van der Waals surface area contributed by atoms with Crippen molar-refractivity contribution >= 4 is 28.9 Å². The fourth-order valence-electron chi connectivity index (χ4n) is 1.56. The molecule has 0 aliphatic heterocycles. The molecule has 7 nitrogen and oxygen atoms in total. The Hall–Kier alpha value is -1.70. The average Bonchev–Trinajstić information content (AvgIpc) is 2.76. The Labute approximate surface area is 117 Å². The molecule has 1 N–H and O–H groups in total. The van der Waals surface area contributed by atoms with Gasteiger partial charge in [0, 0.05) is 24.1 Å². The Bertz CT molecular complexity index is 629. The number of hydrogen-bond acceptors (Lipinski definition) is 5. The van der Waals surface area contributed by atoms with E-state index in [1.807, 2.05) is 0 Å². The van der Waals surface area contributed by atoms with E-state index in [9.17, 15) is 10.1 Å². The molecule has 0 aliphatic carbocycles. The van der Waals surface area contributed by atoms with E-state index in [4.69, 9.17) is 28.3 Å². The lowest BCUT2D eigenvalue weighted by molar-refractivity contribution is -0.384. The number of halogens is 2. The number of nitro benzene ring substituents is 1. The smallest absolute Gasteiger partial charge is 0.297 e. The second-order valence-corrected chi connectivity index (χ2v) is 4.48. The summed E-state index contributed by atoms with van der Waals surface area (Å²) in [5.74, 6) is 0. The van der Waals surface area contributed by atoms with E-state index in [0.29, 0.717) is 12.1 Å². The summed E-state index contributed by atoms with van der Waals surface area (Å²) in [4.78, 5) is 10.4. The van der Waals surface area contributed by atoms with Crippen LogP contribution in [0.4, 0.5) is 5.69 Å². The molecule has 0 aliphatic rings. The summed E-state index contributed by atoms with van der Waals surface area (Å²) < 4.78 is 1.20. The first-order valence-corrected chi connectivity index (χ1v) is 5.94. The van der Waals surface area contributed by atoms with Gasteiger partial charge in [0.15, 0.2) is 5.69 Å². The van der Waals surface area contributed by atoms with Crippen molar-refractivity contribution in [2.24, 2.45) is 0 Å². The predicted molar refractivity (Wildman–Crippen MR) is 68.8 cm³/mol. The van der Waals surface area contributed by atoms with Crippen LogP contribution >= 0.6 is 23.2 Å². The third-order valence-electron chi connectivity index (χ3n) is 2.34. The molecule has 0 unspecified atom stereocenters. The minimum atomic E-state index is -0.597. The highest BCUT2D eigenvalue weighted by Gasteiger charge is 2.21. The van der Waals surface area contributed by atoms with Crippen molar-refractivity contribution < 1.29 is 10.0 Å². The molecule has 1 aromatic carbocycles. The Morgan fingerprint density at radius 1 is 1.42 bits per heavy atom. The number of benzene rings is 1. The Kier molecular flexibility index (Phi) is 3.98. The van der Waals surface area contributed by atoms with Crippen molar-refractivity contribution in [3.63, 3.8) is 0 Å². The van der Waals surface area contributed by atoms with Crippen molar-refractivity contribution in [2.75, 3.05) is 6.61 Å². The fourth-order valence-corrected chi connectivity index (χ4v) is 2.12. The van der Waals surface area contributed by atoms with Crippen molar-refractivity contribution in [2.45, 2.75) is 6.42 Å². The number of aliphatic hydroxyl groups excluding tert-OH is 1. The van der Waals surface area contributed by atoms with Gasteiger partial charge in [0.2, 0.25) is 0 Å². The number of hydrogen-bond donors (Lipinski definition) is 1. The molecule has 2 aromatic rings. The summed E-state index contributed by atoms with van der Waals surface area (Å²) in [7, 11) is 0. The van der Waals surface area contributed by atoms with Gasteiger partial charge in [-0.15, -0.1) is 5.10 Å². The van der Waals surface area contributed by atoms with E-state index >= 15 is 0 Å². The highest BCUT2D eigenvalue weighted by atomic mass is 35.5. The van der Waals surface area contributed by atoms with Gasteiger partial charge in [-0.1, -0.05) is 28.4 Å². The van der Waals surface area contributed by atoms with Crippen LogP contribution in [-0.2, 0) is 6.42 Å². The molecule has 0 fully saturated rings. The summed E-state index contributed by atoms with van der Waals surface area (Å²) >= 11 is 11.7. The molecule has 19 heavy (non-hydrogen) atoms. The molecule has 0 spiro atoms. The normalized spacial score (nSPS) is 10.7. The third-order valence-corrected chi connectivity index (χ3v) is 2.85. The lowest BCUT2D eigenvalue weighted by Gasteiger charge is -2.05. The largest absolute Gasteiger partial charge is 0.396 e. The monoisotopic (exact) mass is 302 g/mol. The van der Waals surface area contributed by atoms with E-state index in [2.05, 4.69) is 10.3 Å². The SMILES string of the molecule is O=[N+]([O-])c1cc(Cl)cc(Cl)c1-n1cc(CCO)nn1. The molecule has 0 atom stereocenters.